The number of H-pyrrole nitrogens is 3. The highest BCUT2D eigenvalue weighted by molar-refractivity contribution is 6.01. The summed E-state index contributed by atoms with van der Waals surface area (Å²) in [5, 5.41) is 64.3. The number of nitrogens with zero attached hydrogens (tertiary/aromatic N) is 5. The number of aromatic nitrogens is 3. The van der Waals surface area contributed by atoms with Crippen LogP contribution in [0.4, 0.5) is 0 Å². The summed E-state index contributed by atoms with van der Waals surface area (Å²) in [7, 11) is 0. The minimum Gasteiger partial charge on any atom is -0.489 e. The summed E-state index contributed by atoms with van der Waals surface area (Å²) in [5.74, 6) is 1.18. The van der Waals surface area contributed by atoms with Crippen molar-refractivity contribution >= 4 is 55.7 Å². The van der Waals surface area contributed by atoms with Crippen molar-refractivity contribution in [1.82, 2.24) is 30.1 Å². The number of nitriles is 3. The predicted molar refractivity (Wildman–Crippen MR) is 397 cm³/mol. The van der Waals surface area contributed by atoms with Crippen LogP contribution in [0.1, 0.15) is 80.0 Å². The molecular formula is C84H79N9O9. The first-order chi connectivity index (χ1) is 49.5. The minimum atomic E-state index is -0.866. The molecule has 102 heavy (non-hydrogen) atoms. The lowest BCUT2D eigenvalue weighted by Crippen LogP contribution is -2.32. The van der Waals surface area contributed by atoms with Crippen molar-refractivity contribution in [3.05, 3.63) is 222 Å². The Labute approximate surface area is 591 Å². The van der Waals surface area contributed by atoms with E-state index in [0.29, 0.717) is 79.8 Å². The molecule has 4 aliphatic heterocycles. The maximum Gasteiger partial charge on any atom is 0.248 e. The first-order valence-corrected chi connectivity index (χ1v) is 34.4. The van der Waals surface area contributed by atoms with Crippen molar-refractivity contribution in [3.63, 3.8) is 0 Å². The van der Waals surface area contributed by atoms with Gasteiger partial charge in [0.05, 0.1) is 42.0 Å². The van der Waals surface area contributed by atoms with Gasteiger partial charge in [0.1, 0.15) is 67.0 Å². The third-order valence-corrected chi connectivity index (χ3v) is 19.3. The summed E-state index contributed by atoms with van der Waals surface area (Å²) < 4.78 is 23.6. The van der Waals surface area contributed by atoms with Gasteiger partial charge < -0.3 is 64.3 Å². The Morgan fingerprint density at radius 1 is 0.559 bits per heavy atom. The smallest absolute Gasteiger partial charge is 0.248 e. The molecule has 4 aliphatic rings. The van der Waals surface area contributed by atoms with Crippen LogP contribution in [0.25, 0.3) is 99.8 Å². The molecule has 0 bridgehead atoms. The Bertz CT molecular complexity index is 5100. The Morgan fingerprint density at radius 2 is 1.01 bits per heavy atom. The Balaban J connectivity index is 0.000000137. The number of hydrogen-bond donors (Lipinski definition) is 7. The molecule has 0 saturated carbocycles. The first-order valence-electron chi connectivity index (χ1n) is 34.4. The van der Waals surface area contributed by atoms with E-state index in [2.05, 4.69) is 106 Å². The van der Waals surface area contributed by atoms with E-state index >= 15 is 0 Å². The molecule has 0 spiro atoms. The molecule has 18 heteroatoms. The number of allylic oxidation sites excluding steroid dienone is 1. The summed E-state index contributed by atoms with van der Waals surface area (Å²) in [5.41, 5.74) is 18.8. The van der Waals surface area contributed by atoms with Crippen LogP contribution in [0.3, 0.4) is 0 Å². The van der Waals surface area contributed by atoms with Gasteiger partial charge >= 0.3 is 0 Å². The van der Waals surface area contributed by atoms with Crippen molar-refractivity contribution in [3.8, 4) is 91.4 Å². The van der Waals surface area contributed by atoms with E-state index in [9.17, 15) is 30.5 Å². The molecule has 0 unspecified atom stereocenters. The van der Waals surface area contributed by atoms with Crippen molar-refractivity contribution in [2.24, 2.45) is 0 Å². The van der Waals surface area contributed by atoms with Crippen LogP contribution in [-0.4, -0.2) is 136 Å². The van der Waals surface area contributed by atoms with Gasteiger partial charge in [0.25, 0.3) is 0 Å². The maximum atomic E-state index is 11.8. The highest BCUT2D eigenvalue weighted by Gasteiger charge is 2.29. The number of rotatable bonds is 16. The number of aliphatic hydroxyl groups is 3. The average Bonchev–Trinajstić information content (AvgIpc) is 1.61. The van der Waals surface area contributed by atoms with E-state index < -0.39 is 18.8 Å². The van der Waals surface area contributed by atoms with Gasteiger partial charge in [0.2, 0.25) is 11.8 Å². The molecule has 3 saturated heterocycles. The largest absolute Gasteiger partial charge is 0.489 e. The number of carbonyl (C=O) groups excluding carboxylic acids is 2. The van der Waals surface area contributed by atoms with Crippen LogP contribution in [0.15, 0.2) is 189 Å². The van der Waals surface area contributed by atoms with Gasteiger partial charge in [0.15, 0.2) is 0 Å². The minimum absolute atomic E-state index is 0.0735. The number of amides is 2. The molecule has 3 aromatic heterocycles. The highest BCUT2D eigenvalue weighted by Crippen LogP contribution is 2.40. The molecule has 3 fully saturated rings. The topological polar surface area (TPSA) is 269 Å². The Hall–Kier alpha value is -11.5. The molecule has 7 heterocycles. The zero-order valence-corrected chi connectivity index (χ0v) is 57.2. The summed E-state index contributed by atoms with van der Waals surface area (Å²) in [4.78, 5) is 37.2. The van der Waals surface area contributed by atoms with Crippen LogP contribution in [0.2, 0.25) is 0 Å². The summed E-state index contributed by atoms with van der Waals surface area (Å²) >= 11 is 0. The van der Waals surface area contributed by atoms with E-state index in [4.69, 9.17) is 29.2 Å². The maximum absolute atomic E-state index is 11.8. The summed E-state index contributed by atoms with van der Waals surface area (Å²) in [6.07, 6.45) is 5.26. The fourth-order valence-corrected chi connectivity index (χ4v) is 13.6. The second-order valence-corrected chi connectivity index (χ2v) is 26.7. The van der Waals surface area contributed by atoms with E-state index in [0.717, 1.165) is 149 Å². The second-order valence-electron chi connectivity index (χ2n) is 26.7. The number of carbonyl (C=O) groups is 2. The van der Waals surface area contributed by atoms with Crippen LogP contribution in [0, 0.1) is 34.0 Å². The number of nitrogens with one attached hydrogen (secondary N) is 4. The summed E-state index contributed by atoms with van der Waals surface area (Å²) in [6, 6.07) is 65.1. The number of hydrogen-bond acceptors (Lipinski definition) is 13. The molecule has 11 aromatic rings. The van der Waals surface area contributed by atoms with Gasteiger partial charge in [0, 0.05) is 95.2 Å². The molecule has 18 nitrogen and oxygen atoms in total. The number of benzene rings is 8. The molecule has 2 amide bonds. The SMILES string of the molecule is C=C(C)c1ccc(-c2cc3c(-c4ccc(O[C@@H]5CCN(C(=O)CO)C5)c(C#N)c4)cccc3[nH]2)cc1.CC(C)(O)c1ccc(-c2cc3c(-c4ccc(O[C@@H]5CCNC5)c(C#N)c4)cccc3[nH]2)cc1.N#Cc1cc(-c2cccc3[nH]c(C4=CCN(C(=O)CO)C4)cc23)ccc1OC1CCOCC1. The lowest BCUT2D eigenvalue weighted by molar-refractivity contribution is -0.133. The number of aromatic amines is 3. The molecule has 15 rings (SSSR count). The number of likely N-dealkylation sites (tertiary alicyclic amines) is 1. The molecule has 7 N–H and O–H groups in total. The third kappa shape index (κ3) is 15.3. The third-order valence-electron chi connectivity index (χ3n) is 19.3. The Kier molecular flexibility index (Phi) is 20.6. The van der Waals surface area contributed by atoms with Gasteiger partial charge in [-0.05, 0) is 168 Å². The number of fused-ring (bicyclic) bond motifs is 3. The van der Waals surface area contributed by atoms with E-state index in [1.54, 1.807) is 23.6 Å². The van der Waals surface area contributed by atoms with E-state index in [-0.39, 0.29) is 30.1 Å². The zero-order valence-electron chi connectivity index (χ0n) is 57.2. The van der Waals surface area contributed by atoms with Crippen LogP contribution >= 0.6 is 0 Å². The molecule has 514 valence electrons. The van der Waals surface area contributed by atoms with Gasteiger partial charge in [-0.1, -0.05) is 121 Å². The van der Waals surface area contributed by atoms with Crippen molar-refractivity contribution < 1.29 is 43.9 Å². The van der Waals surface area contributed by atoms with Crippen LogP contribution in [0.5, 0.6) is 17.2 Å². The van der Waals surface area contributed by atoms with E-state index in [1.165, 1.54) is 0 Å². The fraction of sp³-hybridized carbons (Fsp3) is 0.250. The van der Waals surface area contributed by atoms with Gasteiger partial charge in [-0.3, -0.25) is 9.59 Å². The first kappa shape index (κ1) is 69.0. The predicted octanol–water partition coefficient (Wildman–Crippen LogP) is 14.2. The normalized spacial score (nSPS) is 15.9. The standard InChI is InChI=1S/C30H27N3O3.C28H27N3O2.C26H25N3O4/c1-19(2)20-6-8-21(9-7-20)28-15-26-25(4-3-5-27(26)32-28)22-10-11-29(23(14-22)16-31)36-24-12-13-33(17-24)30(35)18-34;1-28(2,32)21-9-6-18(7-10-21)26-15-24-23(4-3-5-25(24)31-26)19-8-11-27(20(14-19)16-29)33-22-12-13-30-17-22;27-14-19-12-17(4-5-25(19)33-20-7-10-32-11-8-20)21-2-1-3-23-22(21)13-24(28-23)18-6-9-29(15-18)26(31)16-30/h3-11,14-15,24,32,34H,1,12-13,17-18H2,2H3;3-11,14-15,22,30-32H,12-13,17H2,1-2H3;1-6,12-13,20,28,30H,7-11,15-16H2/t24-;22-;/m11./s1. The lowest BCUT2D eigenvalue weighted by Gasteiger charge is -2.24. The fourth-order valence-electron chi connectivity index (χ4n) is 13.6. The van der Waals surface area contributed by atoms with Crippen molar-refractivity contribution in [2.75, 3.05) is 65.7 Å². The Morgan fingerprint density at radius 3 is 1.47 bits per heavy atom. The number of ether oxygens (including phenoxy) is 4. The molecule has 0 aliphatic carbocycles. The monoisotopic (exact) mass is 1360 g/mol. The van der Waals surface area contributed by atoms with Gasteiger partial charge in [-0.25, -0.2) is 0 Å². The van der Waals surface area contributed by atoms with Crippen LogP contribution < -0.4 is 19.5 Å². The quantitative estimate of drug-likeness (QED) is 0.0475. The average molecular weight is 1360 g/mol. The zero-order chi connectivity index (χ0) is 71.0. The highest BCUT2D eigenvalue weighted by atomic mass is 16.5. The second kappa shape index (κ2) is 30.5. The number of aliphatic hydroxyl groups excluding tert-OH is 2. The van der Waals surface area contributed by atoms with Gasteiger partial charge in [-0.15, -0.1) is 0 Å². The summed E-state index contributed by atoms with van der Waals surface area (Å²) in [6.45, 7) is 13.6. The van der Waals surface area contributed by atoms with E-state index in [1.807, 2.05) is 128 Å². The molecule has 8 aromatic carbocycles. The lowest BCUT2D eigenvalue weighted by atomic mass is 9.96. The molecule has 2 atom stereocenters. The van der Waals surface area contributed by atoms with Gasteiger partial charge in [-0.2, -0.15) is 15.8 Å². The molecule has 0 radical (unpaired) electrons. The van der Waals surface area contributed by atoms with Crippen molar-refractivity contribution in [1.29, 1.82) is 15.8 Å². The molecular weight excluding hydrogens is 1280 g/mol. The van der Waals surface area contributed by atoms with Crippen LogP contribution in [-0.2, 0) is 19.9 Å². The van der Waals surface area contributed by atoms with Crippen molar-refractivity contribution in [2.45, 2.75) is 70.4 Å².